The average molecular weight is 203 g/mol. The molecule has 0 N–H and O–H groups in total. The summed E-state index contributed by atoms with van der Waals surface area (Å²) in [6.45, 7) is 5.22. The van der Waals surface area contributed by atoms with Crippen LogP contribution >= 0.6 is 0 Å². The van der Waals surface area contributed by atoms with Crippen molar-refractivity contribution in [3.05, 3.63) is 0 Å². The minimum absolute atomic E-state index is 0.277. The number of likely N-dealkylation sites (tertiary alicyclic amines) is 1. The number of hydrogen-bond acceptors (Lipinski definition) is 3. The van der Waals surface area contributed by atoms with E-state index in [2.05, 4.69) is 18.6 Å². The van der Waals surface area contributed by atoms with Gasteiger partial charge in [-0.25, -0.2) is 4.39 Å². The zero-order valence-corrected chi connectivity index (χ0v) is 9.00. The molecular formula is C10H18FNO2. The Morgan fingerprint density at radius 1 is 1.64 bits per heavy atom. The molecule has 0 spiro atoms. The summed E-state index contributed by atoms with van der Waals surface area (Å²) in [4.78, 5) is 13.2. The van der Waals surface area contributed by atoms with Crippen LogP contribution in [-0.2, 0) is 9.53 Å². The van der Waals surface area contributed by atoms with Crippen LogP contribution in [0.4, 0.5) is 4.39 Å². The van der Waals surface area contributed by atoms with E-state index in [1.807, 2.05) is 4.90 Å². The van der Waals surface area contributed by atoms with Crippen molar-refractivity contribution in [1.82, 2.24) is 4.90 Å². The number of methoxy groups -OCH3 is 1. The van der Waals surface area contributed by atoms with E-state index in [0.717, 1.165) is 6.54 Å². The highest BCUT2D eigenvalue weighted by Gasteiger charge is 2.37. The maximum atomic E-state index is 13.1. The maximum absolute atomic E-state index is 13.1. The molecular weight excluding hydrogens is 185 g/mol. The summed E-state index contributed by atoms with van der Waals surface area (Å²) in [7, 11) is 1.35. The molecule has 1 aliphatic rings. The molecule has 2 atom stereocenters. The molecule has 82 valence electrons. The molecule has 1 rings (SSSR count). The van der Waals surface area contributed by atoms with E-state index in [9.17, 15) is 9.18 Å². The SMILES string of the molecule is COC(=O)C1CC(F)CN1CC(C)C. The van der Waals surface area contributed by atoms with Crippen LogP contribution in [0.25, 0.3) is 0 Å². The van der Waals surface area contributed by atoms with Gasteiger partial charge in [-0.2, -0.15) is 0 Å². The second-order valence-electron chi connectivity index (χ2n) is 4.22. The molecule has 0 saturated carbocycles. The Hall–Kier alpha value is -0.640. The minimum Gasteiger partial charge on any atom is -0.468 e. The molecule has 1 aliphatic heterocycles. The Bertz CT molecular complexity index is 208. The Morgan fingerprint density at radius 3 is 2.79 bits per heavy atom. The molecule has 0 aliphatic carbocycles. The Labute approximate surface area is 84.2 Å². The number of carbonyl (C=O) groups is 1. The van der Waals surface area contributed by atoms with Crippen LogP contribution in [0.5, 0.6) is 0 Å². The molecule has 2 unspecified atom stereocenters. The fourth-order valence-corrected chi connectivity index (χ4v) is 1.90. The molecule has 0 radical (unpaired) electrons. The molecule has 1 saturated heterocycles. The summed E-state index contributed by atoms with van der Waals surface area (Å²) in [6, 6.07) is -0.377. The van der Waals surface area contributed by atoms with E-state index in [4.69, 9.17) is 0 Å². The van der Waals surface area contributed by atoms with Gasteiger partial charge in [-0.15, -0.1) is 0 Å². The number of ether oxygens (including phenoxy) is 1. The van der Waals surface area contributed by atoms with E-state index in [1.54, 1.807) is 0 Å². The lowest BCUT2D eigenvalue weighted by molar-refractivity contribution is -0.146. The lowest BCUT2D eigenvalue weighted by atomic mass is 10.1. The molecule has 0 aromatic rings. The topological polar surface area (TPSA) is 29.5 Å². The first-order valence-electron chi connectivity index (χ1n) is 5.00. The maximum Gasteiger partial charge on any atom is 0.323 e. The average Bonchev–Trinajstić information content (AvgIpc) is 2.44. The van der Waals surface area contributed by atoms with Crippen LogP contribution < -0.4 is 0 Å². The van der Waals surface area contributed by atoms with Gasteiger partial charge in [0.2, 0.25) is 0 Å². The van der Waals surface area contributed by atoms with Gasteiger partial charge in [0.1, 0.15) is 12.2 Å². The van der Waals surface area contributed by atoms with Crippen LogP contribution in [0.15, 0.2) is 0 Å². The van der Waals surface area contributed by atoms with Gasteiger partial charge in [-0.1, -0.05) is 13.8 Å². The van der Waals surface area contributed by atoms with E-state index in [0.29, 0.717) is 12.5 Å². The summed E-state index contributed by atoms with van der Waals surface area (Å²) in [5.74, 6) is 0.123. The van der Waals surface area contributed by atoms with Gasteiger partial charge in [0.05, 0.1) is 7.11 Å². The monoisotopic (exact) mass is 203 g/mol. The first-order chi connectivity index (χ1) is 6.54. The van der Waals surface area contributed by atoms with Crippen LogP contribution in [0, 0.1) is 5.92 Å². The van der Waals surface area contributed by atoms with Gasteiger partial charge in [-0.05, 0) is 5.92 Å². The molecule has 1 heterocycles. The van der Waals surface area contributed by atoms with E-state index < -0.39 is 6.17 Å². The van der Waals surface area contributed by atoms with Crippen molar-refractivity contribution >= 4 is 5.97 Å². The Morgan fingerprint density at radius 2 is 2.29 bits per heavy atom. The second-order valence-corrected chi connectivity index (χ2v) is 4.22. The number of nitrogens with zero attached hydrogens (tertiary/aromatic N) is 1. The third-order valence-corrected chi connectivity index (χ3v) is 2.43. The van der Waals surface area contributed by atoms with Gasteiger partial charge >= 0.3 is 5.97 Å². The van der Waals surface area contributed by atoms with Crippen molar-refractivity contribution in [2.45, 2.75) is 32.5 Å². The van der Waals surface area contributed by atoms with Crippen LogP contribution in [-0.4, -0.2) is 43.3 Å². The zero-order valence-electron chi connectivity index (χ0n) is 9.00. The quantitative estimate of drug-likeness (QED) is 0.646. The van der Waals surface area contributed by atoms with Gasteiger partial charge < -0.3 is 4.74 Å². The minimum atomic E-state index is -0.891. The van der Waals surface area contributed by atoms with Gasteiger partial charge in [0, 0.05) is 19.5 Å². The molecule has 0 aromatic carbocycles. The zero-order chi connectivity index (χ0) is 10.7. The summed E-state index contributed by atoms with van der Waals surface area (Å²) in [5, 5.41) is 0. The van der Waals surface area contributed by atoms with Gasteiger partial charge in [0.25, 0.3) is 0 Å². The van der Waals surface area contributed by atoms with Crippen molar-refractivity contribution in [2.24, 2.45) is 5.92 Å². The third kappa shape index (κ3) is 2.67. The Kier molecular flexibility index (Phi) is 3.86. The normalized spacial score (nSPS) is 28.4. The van der Waals surface area contributed by atoms with Crippen LogP contribution in [0.2, 0.25) is 0 Å². The third-order valence-electron chi connectivity index (χ3n) is 2.43. The van der Waals surface area contributed by atoms with Crippen molar-refractivity contribution in [3.63, 3.8) is 0 Å². The fraction of sp³-hybridized carbons (Fsp3) is 0.900. The van der Waals surface area contributed by atoms with E-state index >= 15 is 0 Å². The van der Waals surface area contributed by atoms with Crippen molar-refractivity contribution in [1.29, 1.82) is 0 Å². The van der Waals surface area contributed by atoms with Gasteiger partial charge in [0.15, 0.2) is 0 Å². The lowest BCUT2D eigenvalue weighted by Gasteiger charge is -2.23. The Balaban J connectivity index is 2.58. The predicted molar refractivity (Wildman–Crippen MR) is 51.7 cm³/mol. The molecule has 4 heteroatoms. The number of halogens is 1. The summed E-state index contributed by atoms with van der Waals surface area (Å²) < 4.78 is 17.8. The fourth-order valence-electron chi connectivity index (χ4n) is 1.90. The highest BCUT2D eigenvalue weighted by molar-refractivity contribution is 5.76. The highest BCUT2D eigenvalue weighted by atomic mass is 19.1. The predicted octanol–water partition coefficient (Wildman–Crippen LogP) is 1.23. The number of hydrogen-bond donors (Lipinski definition) is 0. The molecule has 0 amide bonds. The van der Waals surface area contributed by atoms with E-state index in [-0.39, 0.29) is 18.4 Å². The van der Waals surface area contributed by atoms with Crippen molar-refractivity contribution in [3.8, 4) is 0 Å². The van der Waals surface area contributed by atoms with Gasteiger partial charge in [-0.3, -0.25) is 9.69 Å². The first kappa shape index (κ1) is 11.4. The molecule has 0 aromatic heterocycles. The number of carbonyl (C=O) groups excluding carboxylic acids is 1. The highest BCUT2D eigenvalue weighted by Crippen LogP contribution is 2.22. The van der Waals surface area contributed by atoms with Crippen LogP contribution in [0.1, 0.15) is 20.3 Å². The number of rotatable bonds is 3. The largest absolute Gasteiger partial charge is 0.468 e. The van der Waals surface area contributed by atoms with Crippen molar-refractivity contribution < 1.29 is 13.9 Å². The first-order valence-corrected chi connectivity index (χ1v) is 5.00. The lowest BCUT2D eigenvalue weighted by Crippen LogP contribution is -2.38. The summed E-state index contributed by atoms with van der Waals surface area (Å²) in [5.41, 5.74) is 0. The molecule has 0 bridgehead atoms. The standard InChI is InChI=1S/C10H18FNO2/c1-7(2)5-12-6-8(11)4-9(12)10(13)14-3/h7-9H,4-6H2,1-3H3. The number of alkyl halides is 1. The molecule has 1 fully saturated rings. The van der Waals surface area contributed by atoms with Crippen LogP contribution in [0.3, 0.4) is 0 Å². The molecule has 3 nitrogen and oxygen atoms in total. The molecule has 14 heavy (non-hydrogen) atoms. The number of esters is 1. The summed E-state index contributed by atoms with van der Waals surface area (Å²) >= 11 is 0. The smallest absolute Gasteiger partial charge is 0.323 e. The van der Waals surface area contributed by atoms with E-state index in [1.165, 1.54) is 7.11 Å². The van der Waals surface area contributed by atoms with Crippen molar-refractivity contribution in [2.75, 3.05) is 20.2 Å². The second kappa shape index (κ2) is 4.73. The summed E-state index contributed by atoms with van der Waals surface area (Å²) in [6.07, 6.45) is -0.614.